The third kappa shape index (κ3) is 3.78. The summed E-state index contributed by atoms with van der Waals surface area (Å²) in [6.07, 6.45) is 1.65. The van der Waals surface area contributed by atoms with Gasteiger partial charge in [-0.1, -0.05) is 54.6 Å². The van der Waals surface area contributed by atoms with Gasteiger partial charge in [0.1, 0.15) is 0 Å². The number of rotatable bonds is 5. The second kappa shape index (κ2) is 8.35. The molecule has 0 saturated carbocycles. The summed E-state index contributed by atoms with van der Waals surface area (Å²) in [6.45, 7) is 3.74. The van der Waals surface area contributed by atoms with Crippen molar-refractivity contribution in [2.45, 2.75) is 25.9 Å². The van der Waals surface area contributed by atoms with Crippen LogP contribution in [-0.4, -0.2) is 25.7 Å². The van der Waals surface area contributed by atoms with Crippen molar-refractivity contribution in [3.05, 3.63) is 106 Å². The van der Waals surface area contributed by atoms with Gasteiger partial charge < -0.3 is 10.3 Å². The van der Waals surface area contributed by atoms with Gasteiger partial charge in [0.25, 0.3) is 11.5 Å². The van der Waals surface area contributed by atoms with Gasteiger partial charge >= 0.3 is 0 Å². The number of nitrogens with one attached hydrogen (secondary N) is 2. The van der Waals surface area contributed by atoms with Crippen molar-refractivity contribution in [2.24, 2.45) is 0 Å². The van der Waals surface area contributed by atoms with Crippen LogP contribution in [0.4, 0.5) is 0 Å². The fraction of sp³-hybridized carbons (Fsp3) is 0.154. The van der Waals surface area contributed by atoms with E-state index in [1.807, 2.05) is 62.4 Å². The van der Waals surface area contributed by atoms with Crippen LogP contribution < -0.4 is 10.9 Å². The number of hydrogen-bond acceptors (Lipinski definition) is 4. The van der Waals surface area contributed by atoms with Crippen LogP contribution in [0.15, 0.2) is 83.9 Å². The van der Waals surface area contributed by atoms with Crippen molar-refractivity contribution < 1.29 is 4.79 Å². The molecule has 0 spiro atoms. The third-order valence-electron chi connectivity index (χ3n) is 5.72. The number of amides is 1. The molecule has 0 aliphatic rings. The molecule has 2 N–H and O–H groups in total. The van der Waals surface area contributed by atoms with Gasteiger partial charge in [0.05, 0.1) is 34.8 Å². The van der Waals surface area contributed by atoms with Crippen LogP contribution in [-0.2, 0) is 0 Å². The molecule has 1 atom stereocenters. The largest absolute Gasteiger partial charge is 0.345 e. The number of imidazole rings is 1. The van der Waals surface area contributed by atoms with Gasteiger partial charge in [-0.2, -0.15) is 5.10 Å². The zero-order chi connectivity index (χ0) is 22.9. The Morgan fingerprint density at radius 3 is 2.42 bits per heavy atom. The Morgan fingerprint density at radius 2 is 1.67 bits per heavy atom. The first kappa shape index (κ1) is 20.6. The Balaban J connectivity index is 1.62. The Morgan fingerprint density at radius 1 is 0.939 bits per heavy atom. The van der Waals surface area contributed by atoms with Crippen molar-refractivity contribution >= 4 is 27.7 Å². The molecule has 0 aliphatic carbocycles. The van der Waals surface area contributed by atoms with E-state index in [0.29, 0.717) is 10.8 Å². The molecule has 164 valence electrons. The Bertz CT molecular complexity index is 1520. The van der Waals surface area contributed by atoms with Crippen molar-refractivity contribution in [1.29, 1.82) is 0 Å². The number of H-pyrrole nitrogens is 1. The van der Waals surface area contributed by atoms with Crippen LogP contribution in [0.2, 0.25) is 0 Å². The van der Waals surface area contributed by atoms with Crippen LogP contribution in [0.5, 0.6) is 0 Å². The highest BCUT2D eigenvalue weighted by Crippen LogP contribution is 2.25. The zero-order valence-electron chi connectivity index (χ0n) is 18.3. The molecule has 0 bridgehead atoms. The lowest BCUT2D eigenvalue weighted by Gasteiger charge is -2.21. The van der Waals surface area contributed by atoms with Crippen LogP contribution in [0.1, 0.15) is 47.5 Å². The molecule has 5 aromatic rings. The highest BCUT2D eigenvalue weighted by atomic mass is 16.2. The summed E-state index contributed by atoms with van der Waals surface area (Å²) in [5.74, 6) is -0.348. The lowest BCUT2D eigenvalue weighted by atomic mass is 9.98. The van der Waals surface area contributed by atoms with Gasteiger partial charge in [-0.15, -0.1) is 0 Å². The average molecular weight is 438 g/mol. The predicted molar refractivity (Wildman–Crippen MR) is 128 cm³/mol. The van der Waals surface area contributed by atoms with Crippen LogP contribution >= 0.6 is 0 Å². The van der Waals surface area contributed by atoms with Gasteiger partial charge in [-0.25, -0.2) is 9.67 Å². The number of aromatic amines is 1. The standard InChI is InChI=1S/C26H23N5O2/c1-16(2)31-26(33)20-11-7-6-10-19(20)24(30-31)25(32)29-23(17-8-4-3-5-9-17)18-12-13-21-22(14-18)28-15-27-21/h3-16,23H,1-2H3,(H,27,28)(H,29,32). The number of hydrogen-bond donors (Lipinski definition) is 2. The summed E-state index contributed by atoms with van der Waals surface area (Å²) in [5, 5.41) is 8.62. The molecule has 1 unspecified atom stereocenters. The molecular weight excluding hydrogens is 414 g/mol. The minimum absolute atomic E-state index is 0.179. The molecule has 2 aromatic heterocycles. The number of aromatic nitrogens is 4. The van der Waals surface area contributed by atoms with Gasteiger partial charge in [-0.05, 0) is 43.2 Å². The maximum Gasteiger partial charge on any atom is 0.274 e. The number of fused-ring (bicyclic) bond motifs is 2. The SMILES string of the molecule is CC(C)n1nc(C(=O)NC(c2ccccc2)c2ccc3nc[nH]c3c2)c2ccccc2c1=O. The number of carbonyl (C=O) groups excluding carboxylic acids is 1. The van der Waals surface area contributed by atoms with Crippen molar-refractivity contribution in [1.82, 2.24) is 25.1 Å². The molecule has 0 fully saturated rings. The molecular formula is C26H23N5O2. The Kier molecular flexibility index (Phi) is 5.22. The summed E-state index contributed by atoms with van der Waals surface area (Å²) >= 11 is 0. The lowest BCUT2D eigenvalue weighted by Crippen LogP contribution is -2.34. The quantitative estimate of drug-likeness (QED) is 0.427. The Labute approximate surface area is 190 Å². The molecule has 33 heavy (non-hydrogen) atoms. The van der Waals surface area contributed by atoms with E-state index in [9.17, 15) is 9.59 Å². The average Bonchev–Trinajstić information content (AvgIpc) is 3.31. The topological polar surface area (TPSA) is 92.7 Å². The van der Waals surface area contributed by atoms with Crippen molar-refractivity contribution in [3.63, 3.8) is 0 Å². The second-order valence-electron chi connectivity index (χ2n) is 8.23. The van der Waals surface area contributed by atoms with Gasteiger partial charge in [0.15, 0.2) is 5.69 Å². The van der Waals surface area contributed by atoms with Crippen molar-refractivity contribution in [2.75, 3.05) is 0 Å². The monoisotopic (exact) mass is 437 g/mol. The maximum absolute atomic E-state index is 13.6. The fourth-order valence-corrected chi connectivity index (χ4v) is 4.06. The molecule has 0 saturated heterocycles. The van der Waals surface area contributed by atoms with E-state index in [-0.39, 0.29) is 23.2 Å². The molecule has 0 radical (unpaired) electrons. The highest BCUT2D eigenvalue weighted by Gasteiger charge is 2.23. The molecule has 1 amide bonds. The predicted octanol–water partition coefficient (Wildman–Crippen LogP) is 4.37. The number of carbonyl (C=O) groups is 1. The molecule has 0 aliphatic heterocycles. The second-order valence-corrected chi connectivity index (χ2v) is 8.23. The summed E-state index contributed by atoms with van der Waals surface area (Å²) in [7, 11) is 0. The maximum atomic E-state index is 13.6. The minimum atomic E-state index is -0.411. The highest BCUT2D eigenvalue weighted by molar-refractivity contribution is 6.05. The van der Waals surface area contributed by atoms with E-state index in [0.717, 1.165) is 22.2 Å². The van der Waals surface area contributed by atoms with E-state index in [4.69, 9.17) is 0 Å². The van der Waals surface area contributed by atoms with E-state index < -0.39 is 6.04 Å². The molecule has 3 aromatic carbocycles. The van der Waals surface area contributed by atoms with Gasteiger partial charge in [0, 0.05) is 5.39 Å². The number of benzene rings is 3. The Hall–Kier alpha value is -4.26. The molecule has 7 nitrogen and oxygen atoms in total. The summed E-state index contributed by atoms with van der Waals surface area (Å²) in [6, 6.07) is 22.1. The lowest BCUT2D eigenvalue weighted by molar-refractivity contribution is 0.0937. The fourth-order valence-electron chi connectivity index (χ4n) is 4.06. The van der Waals surface area contributed by atoms with E-state index in [1.165, 1.54) is 4.68 Å². The molecule has 2 heterocycles. The van der Waals surface area contributed by atoms with E-state index in [1.54, 1.807) is 30.6 Å². The summed E-state index contributed by atoms with van der Waals surface area (Å²) in [4.78, 5) is 33.9. The van der Waals surface area contributed by atoms with E-state index in [2.05, 4.69) is 20.4 Å². The first-order chi connectivity index (χ1) is 16.0. The zero-order valence-corrected chi connectivity index (χ0v) is 18.3. The summed E-state index contributed by atoms with van der Waals surface area (Å²) < 4.78 is 1.37. The third-order valence-corrected chi connectivity index (χ3v) is 5.72. The van der Waals surface area contributed by atoms with Gasteiger partial charge in [0.2, 0.25) is 0 Å². The first-order valence-corrected chi connectivity index (χ1v) is 10.8. The van der Waals surface area contributed by atoms with Crippen LogP contribution in [0, 0.1) is 0 Å². The smallest absolute Gasteiger partial charge is 0.274 e. The number of nitrogens with zero attached hydrogens (tertiary/aromatic N) is 3. The van der Waals surface area contributed by atoms with Crippen molar-refractivity contribution in [3.8, 4) is 0 Å². The first-order valence-electron chi connectivity index (χ1n) is 10.8. The van der Waals surface area contributed by atoms with Crippen LogP contribution in [0.3, 0.4) is 0 Å². The normalized spacial score (nSPS) is 12.3. The molecule has 7 heteroatoms. The van der Waals surface area contributed by atoms with Gasteiger partial charge in [-0.3, -0.25) is 9.59 Å². The van der Waals surface area contributed by atoms with Crippen LogP contribution in [0.25, 0.3) is 21.8 Å². The minimum Gasteiger partial charge on any atom is -0.345 e. The summed E-state index contributed by atoms with van der Waals surface area (Å²) in [5.41, 5.74) is 3.61. The molecule has 5 rings (SSSR count). The van der Waals surface area contributed by atoms with E-state index >= 15 is 0 Å².